The summed E-state index contributed by atoms with van der Waals surface area (Å²) in [5.74, 6) is 0. The van der Waals surface area contributed by atoms with E-state index in [0.717, 1.165) is 39.4 Å². The number of aromatic nitrogens is 1. The Balaban J connectivity index is 1.85. The van der Waals surface area contributed by atoms with E-state index in [9.17, 15) is 0 Å². The van der Waals surface area contributed by atoms with E-state index in [2.05, 4.69) is 27.5 Å². The minimum atomic E-state index is 0.155. The van der Waals surface area contributed by atoms with E-state index in [4.69, 9.17) is 4.74 Å². The Kier molecular flexibility index (Phi) is 2.27. The van der Waals surface area contributed by atoms with Crippen LogP contribution in [0.2, 0.25) is 0 Å². The number of ether oxygens (including phenoxy) is 1. The highest BCUT2D eigenvalue weighted by Crippen LogP contribution is 2.35. The van der Waals surface area contributed by atoms with Crippen LogP contribution in [0.25, 0.3) is 0 Å². The van der Waals surface area contributed by atoms with Crippen molar-refractivity contribution in [1.29, 1.82) is 0 Å². The lowest BCUT2D eigenvalue weighted by Crippen LogP contribution is -2.63. The molecule has 0 atom stereocenters. The molecule has 0 radical (unpaired) electrons. The maximum atomic E-state index is 5.44. The fourth-order valence-corrected chi connectivity index (χ4v) is 2.53. The predicted molar refractivity (Wildman–Crippen MR) is 57.7 cm³/mol. The quantitative estimate of drug-likeness (QED) is 0.725. The van der Waals surface area contributed by atoms with Gasteiger partial charge in [-0.15, -0.1) is 0 Å². The second-order valence-electron chi connectivity index (χ2n) is 4.36. The summed E-state index contributed by atoms with van der Waals surface area (Å²) in [7, 11) is 0. The zero-order valence-corrected chi connectivity index (χ0v) is 8.83. The van der Waals surface area contributed by atoms with Crippen molar-refractivity contribution < 1.29 is 4.74 Å². The van der Waals surface area contributed by atoms with Crippen LogP contribution in [0.1, 0.15) is 5.56 Å². The summed E-state index contributed by atoms with van der Waals surface area (Å²) in [6.45, 7) is 6.09. The summed E-state index contributed by atoms with van der Waals surface area (Å²) < 4.78 is 5.44. The van der Waals surface area contributed by atoms with Gasteiger partial charge in [0.15, 0.2) is 0 Å². The molecule has 1 aromatic rings. The van der Waals surface area contributed by atoms with Gasteiger partial charge in [0.05, 0.1) is 18.8 Å². The number of hydrogen-bond donors (Lipinski definition) is 2. The standard InChI is InChI=1S/C11H17N3O/c1-2-13-7-10(1)11(8-15-9-11)14-5-3-12-4-6-14/h1-2,7,12-13H,3-6,8-9H2. The lowest BCUT2D eigenvalue weighted by atomic mass is 9.87. The van der Waals surface area contributed by atoms with Gasteiger partial charge in [-0.1, -0.05) is 0 Å². The lowest BCUT2D eigenvalue weighted by Gasteiger charge is -2.51. The van der Waals surface area contributed by atoms with E-state index in [1.54, 1.807) is 0 Å². The third kappa shape index (κ3) is 1.40. The van der Waals surface area contributed by atoms with Gasteiger partial charge in [0.2, 0.25) is 0 Å². The molecule has 0 aromatic carbocycles. The van der Waals surface area contributed by atoms with Gasteiger partial charge in [-0.2, -0.15) is 0 Å². The molecule has 4 nitrogen and oxygen atoms in total. The second-order valence-corrected chi connectivity index (χ2v) is 4.36. The minimum absolute atomic E-state index is 0.155. The fourth-order valence-electron chi connectivity index (χ4n) is 2.53. The molecule has 2 fully saturated rings. The summed E-state index contributed by atoms with van der Waals surface area (Å²) in [6.07, 6.45) is 4.10. The van der Waals surface area contributed by atoms with Crippen molar-refractivity contribution in [1.82, 2.24) is 15.2 Å². The molecule has 2 saturated heterocycles. The molecule has 0 saturated carbocycles. The molecule has 3 rings (SSSR count). The molecule has 1 aromatic heterocycles. The van der Waals surface area contributed by atoms with Crippen molar-refractivity contribution in [3.63, 3.8) is 0 Å². The predicted octanol–water partition coefficient (Wildman–Crippen LogP) is 0.145. The first-order valence-electron chi connectivity index (χ1n) is 5.59. The molecule has 2 aliphatic rings. The number of nitrogens with one attached hydrogen (secondary N) is 2. The Morgan fingerprint density at radius 3 is 2.60 bits per heavy atom. The largest absolute Gasteiger partial charge is 0.377 e. The van der Waals surface area contributed by atoms with Crippen LogP contribution in [0.4, 0.5) is 0 Å². The van der Waals surface area contributed by atoms with E-state index in [-0.39, 0.29) is 5.54 Å². The summed E-state index contributed by atoms with van der Waals surface area (Å²) in [5, 5.41) is 3.39. The first kappa shape index (κ1) is 9.39. The van der Waals surface area contributed by atoms with Crippen molar-refractivity contribution >= 4 is 0 Å². The molecule has 0 spiro atoms. The van der Waals surface area contributed by atoms with Crippen molar-refractivity contribution in [2.45, 2.75) is 5.54 Å². The molecule has 2 aliphatic heterocycles. The van der Waals surface area contributed by atoms with Gasteiger partial charge in [-0.25, -0.2) is 0 Å². The fraction of sp³-hybridized carbons (Fsp3) is 0.636. The Labute approximate surface area is 89.6 Å². The van der Waals surface area contributed by atoms with Crippen LogP contribution in [-0.4, -0.2) is 49.3 Å². The SMILES string of the molecule is c1cc(C2(N3CCNCC3)COC2)c[nH]1. The Bertz CT molecular complexity index is 313. The maximum absolute atomic E-state index is 5.44. The van der Waals surface area contributed by atoms with Crippen molar-refractivity contribution in [2.24, 2.45) is 0 Å². The normalized spacial score (nSPS) is 26.1. The highest BCUT2D eigenvalue weighted by atomic mass is 16.5. The smallest absolute Gasteiger partial charge is 0.0949 e. The van der Waals surface area contributed by atoms with Gasteiger partial charge >= 0.3 is 0 Å². The van der Waals surface area contributed by atoms with E-state index in [1.807, 2.05) is 6.20 Å². The molecule has 0 bridgehead atoms. The molecule has 4 heteroatoms. The molecule has 82 valence electrons. The summed E-state index contributed by atoms with van der Waals surface area (Å²) >= 11 is 0. The Morgan fingerprint density at radius 1 is 1.27 bits per heavy atom. The first-order valence-corrected chi connectivity index (χ1v) is 5.59. The van der Waals surface area contributed by atoms with Gasteiger partial charge in [-0.3, -0.25) is 4.90 Å². The molecular weight excluding hydrogens is 190 g/mol. The molecule has 0 aliphatic carbocycles. The molecule has 0 amide bonds. The molecule has 3 heterocycles. The number of rotatable bonds is 2. The summed E-state index contributed by atoms with van der Waals surface area (Å²) in [5.41, 5.74) is 1.53. The van der Waals surface area contributed by atoms with Crippen LogP contribution in [0.3, 0.4) is 0 Å². The van der Waals surface area contributed by atoms with Crippen molar-refractivity contribution in [3.8, 4) is 0 Å². The van der Waals surface area contributed by atoms with Crippen molar-refractivity contribution in [2.75, 3.05) is 39.4 Å². The third-order valence-electron chi connectivity index (χ3n) is 3.54. The van der Waals surface area contributed by atoms with Crippen LogP contribution in [0, 0.1) is 0 Å². The van der Waals surface area contributed by atoms with Crippen molar-refractivity contribution in [3.05, 3.63) is 24.0 Å². The topological polar surface area (TPSA) is 40.3 Å². The van der Waals surface area contributed by atoms with Crippen LogP contribution in [0.15, 0.2) is 18.5 Å². The number of H-pyrrole nitrogens is 1. The van der Waals surface area contributed by atoms with Gasteiger partial charge < -0.3 is 15.0 Å². The Morgan fingerprint density at radius 2 is 2.07 bits per heavy atom. The van der Waals surface area contributed by atoms with Gasteiger partial charge in [0.1, 0.15) is 0 Å². The maximum Gasteiger partial charge on any atom is 0.0949 e. The van der Waals surface area contributed by atoms with Gasteiger partial charge in [-0.05, 0) is 11.6 Å². The third-order valence-corrected chi connectivity index (χ3v) is 3.54. The molecule has 0 unspecified atom stereocenters. The van der Waals surface area contributed by atoms with E-state index >= 15 is 0 Å². The molecule has 15 heavy (non-hydrogen) atoms. The zero-order valence-electron chi connectivity index (χ0n) is 8.83. The first-order chi connectivity index (χ1) is 7.42. The number of piperazine rings is 1. The zero-order chi connectivity index (χ0) is 10.1. The van der Waals surface area contributed by atoms with Crippen LogP contribution < -0.4 is 5.32 Å². The minimum Gasteiger partial charge on any atom is -0.377 e. The van der Waals surface area contributed by atoms with Crippen LogP contribution >= 0.6 is 0 Å². The van der Waals surface area contributed by atoms with Crippen LogP contribution in [0.5, 0.6) is 0 Å². The lowest BCUT2D eigenvalue weighted by molar-refractivity contribution is -0.149. The van der Waals surface area contributed by atoms with E-state index < -0.39 is 0 Å². The average Bonchev–Trinajstić information content (AvgIpc) is 2.72. The summed E-state index contributed by atoms with van der Waals surface area (Å²) in [4.78, 5) is 5.70. The van der Waals surface area contributed by atoms with Crippen LogP contribution in [-0.2, 0) is 10.3 Å². The average molecular weight is 207 g/mol. The highest BCUT2D eigenvalue weighted by Gasteiger charge is 2.45. The second kappa shape index (κ2) is 3.63. The van der Waals surface area contributed by atoms with E-state index in [1.165, 1.54) is 5.56 Å². The number of hydrogen-bond acceptors (Lipinski definition) is 3. The monoisotopic (exact) mass is 207 g/mol. The van der Waals surface area contributed by atoms with E-state index in [0.29, 0.717) is 0 Å². The van der Waals surface area contributed by atoms with Gasteiger partial charge in [0.25, 0.3) is 0 Å². The number of aromatic amines is 1. The molecular formula is C11H17N3O. The molecule has 2 N–H and O–H groups in total. The highest BCUT2D eigenvalue weighted by molar-refractivity contribution is 5.24. The number of nitrogens with zero attached hydrogens (tertiary/aromatic N) is 1. The summed E-state index contributed by atoms with van der Waals surface area (Å²) in [6, 6.07) is 2.17. The van der Waals surface area contributed by atoms with Gasteiger partial charge in [0, 0.05) is 38.6 Å². The Hall–Kier alpha value is -0.840.